The number of para-hydroxylation sites is 1. The quantitative estimate of drug-likeness (QED) is 0.279. The Morgan fingerprint density at radius 1 is 0.371 bits per heavy atom. The van der Waals surface area contributed by atoms with Crippen LogP contribution in [0.15, 0.2) is 133 Å². The van der Waals surface area contributed by atoms with Gasteiger partial charge in [-0.3, -0.25) is 0 Å². The summed E-state index contributed by atoms with van der Waals surface area (Å²) in [7, 11) is 0. The third-order valence-corrected chi connectivity index (χ3v) is 7.01. The minimum atomic E-state index is 1.17. The van der Waals surface area contributed by atoms with Gasteiger partial charge in [0, 0.05) is 21.9 Å². The van der Waals surface area contributed by atoms with Gasteiger partial charge in [0.15, 0.2) is 0 Å². The van der Waals surface area contributed by atoms with Gasteiger partial charge >= 0.3 is 0 Å². The van der Waals surface area contributed by atoms with Crippen molar-refractivity contribution in [2.45, 2.75) is 0 Å². The second kappa shape index (κ2) is 8.00. The average Bonchev–Trinajstić information content (AvgIpc) is 3.30. The molecule has 1 heteroatoms. The Hall–Kier alpha value is -4.62. The lowest BCUT2D eigenvalue weighted by atomic mass is 9.91. The van der Waals surface area contributed by atoms with Gasteiger partial charge in [0.2, 0.25) is 0 Å². The zero-order chi connectivity index (χ0) is 23.2. The van der Waals surface area contributed by atoms with Gasteiger partial charge in [0.25, 0.3) is 0 Å². The number of nitrogens with one attached hydrogen (secondary N) is 1. The number of rotatable bonds is 3. The molecular weight excluding hydrogens is 422 g/mol. The molecule has 0 atom stereocenters. The molecule has 0 aliphatic carbocycles. The highest BCUT2D eigenvalue weighted by atomic mass is 14.7. The smallest absolute Gasteiger partial charge is 0.0551 e. The Labute approximate surface area is 204 Å². The zero-order valence-electron chi connectivity index (χ0n) is 19.2. The maximum Gasteiger partial charge on any atom is 0.0551 e. The van der Waals surface area contributed by atoms with E-state index in [4.69, 9.17) is 0 Å². The number of fused-ring (bicyclic) bond motifs is 4. The molecule has 1 aromatic heterocycles. The van der Waals surface area contributed by atoms with Crippen LogP contribution < -0.4 is 0 Å². The Balaban J connectivity index is 1.52. The van der Waals surface area contributed by atoms with Crippen LogP contribution in [0.2, 0.25) is 0 Å². The van der Waals surface area contributed by atoms with E-state index in [2.05, 4.69) is 138 Å². The number of aromatic nitrogens is 1. The first-order chi connectivity index (χ1) is 17.3. The van der Waals surface area contributed by atoms with Crippen LogP contribution in [-0.4, -0.2) is 4.98 Å². The minimum Gasteiger partial charge on any atom is -0.354 e. The van der Waals surface area contributed by atoms with E-state index in [1.54, 1.807) is 0 Å². The molecule has 35 heavy (non-hydrogen) atoms. The predicted molar refractivity (Wildman–Crippen MR) is 150 cm³/mol. The molecule has 0 unspecified atom stereocenters. The summed E-state index contributed by atoms with van der Waals surface area (Å²) in [4.78, 5) is 3.74. The van der Waals surface area contributed by atoms with Crippen molar-refractivity contribution in [3.05, 3.63) is 133 Å². The molecule has 0 aliphatic heterocycles. The van der Waals surface area contributed by atoms with Crippen molar-refractivity contribution in [3.63, 3.8) is 0 Å². The highest BCUT2D eigenvalue weighted by Gasteiger charge is 2.15. The lowest BCUT2D eigenvalue weighted by Crippen LogP contribution is -1.87. The van der Waals surface area contributed by atoms with Crippen molar-refractivity contribution in [3.8, 4) is 33.4 Å². The fraction of sp³-hybridized carbons (Fsp3) is 0. The molecule has 1 nitrogen and oxygen atoms in total. The van der Waals surface area contributed by atoms with Crippen molar-refractivity contribution < 1.29 is 0 Å². The number of H-pyrrole nitrogens is 1. The molecule has 7 rings (SSSR count). The van der Waals surface area contributed by atoms with E-state index in [1.807, 2.05) is 0 Å². The van der Waals surface area contributed by atoms with Gasteiger partial charge < -0.3 is 4.98 Å². The van der Waals surface area contributed by atoms with E-state index in [0.717, 1.165) is 0 Å². The summed E-state index contributed by atoms with van der Waals surface area (Å²) < 4.78 is 0. The van der Waals surface area contributed by atoms with Crippen LogP contribution in [0.1, 0.15) is 0 Å². The summed E-state index contributed by atoms with van der Waals surface area (Å²) in [6.45, 7) is 0. The molecule has 0 radical (unpaired) electrons. The summed E-state index contributed by atoms with van der Waals surface area (Å²) >= 11 is 0. The van der Waals surface area contributed by atoms with Gasteiger partial charge in [0.1, 0.15) is 0 Å². The molecule has 0 amide bonds. The monoisotopic (exact) mass is 445 g/mol. The van der Waals surface area contributed by atoms with Crippen molar-refractivity contribution in [2.24, 2.45) is 0 Å². The molecule has 0 saturated carbocycles. The van der Waals surface area contributed by atoms with E-state index in [0.29, 0.717) is 0 Å². The SMILES string of the molecule is c1ccc(-c2ccc(-c3c4cc(-c5ccccc5)ccc4cc4c3[nH]c3ccccc34)cc2)cc1. The first-order valence-corrected chi connectivity index (χ1v) is 12.0. The molecule has 1 N–H and O–H groups in total. The Bertz CT molecular complexity index is 1810. The molecule has 0 spiro atoms. The van der Waals surface area contributed by atoms with E-state index in [1.165, 1.54) is 66.0 Å². The molecule has 164 valence electrons. The molecule has 0 aliphatic rings. The Morgan fingerprint density at radius 2 is 0.943 bits per heavy atom. The third-order valence-electron chi connectivity index (χ3n) is 7.01. The number of benzene rings is 6. The van der Waals surface area contributed by atoms with Crippen LogP contribution in [0, 0.1) is 0 Å². The number of aromatic amines is 1. The Morgan fingerprint density at radius 3 is 1.69 bits per heavy atom. The number of hydrogen-bond donors (Lipinski definition) is 1. The molecule has 0 fully saturated rings. The standard InChI is InChI=1S/C34H23N/c1-3-9-23(10-4-1)25-15-17-26(18-16-25)33-30-21-27(24-11-5-2-6-12-24)19-20-28(30)22-31-29-13-7-8-14-32(29)35-34(31)33/h1-22,35H. The topological polar surface area (TPSA) is 15.8 Å². The second-order valence-electron chi connectivity index (χ2n) is 9.09. The minimum absolute atomic E-state index is 1.17. The molecule has 7 aromatic rings. The Kier molecular flexibility index (Phi) is 4.53. The molecule has 6 aromatic carbocycles. The van der Waals surface area contributed by atoms with Crippen LogP contribution in [0.5, 0.6) is 0 Å². The van der Waals surface area contributed by atoms with Crippen LogP contribution in [0.3, 0.4) is 0 Å². The second-order valence-corrected chi connectivity index (χ2v) is 9.09. The van der Waals surface area contributed by atoms with Crippen LogP contribution >= 0.6 is 0 Å². The summed E-state index contributed by atoms with van der Waals surface area (Å²) in [5, 5.41) is 5.04. The van der Waals surface area contributed by atoms with E-state index >= 15 is 0 Å². The van der Waals surface area contributed by atoms with Gasteiger partial charge in [-0.2, -0.15) is 0 Å². The highest BCUT2D eigenvalue weighted by Crippen LogP contribution is 2.41. The summed E-state index contributed by atoms with van der Waals surface area (Å²) in [5.41, 5.74) is 9.77. The van der Waals surface area contributed by atoms with Crippen molar-refractivity contribution in [2.75, 3.05) is 0 Å². The molecule has 1 heterocycles. The van der Waals surface area contributed by atoms with E-state index in [9.17, 15) is 0 Å². The maximum atomic E-state index is 3.74. The lowest BCUT2D eigenvalue weighted by molar-refractivity contribution is 1.54. The maximum absolute atomic E-state index is 3.74. The van der Waals surface area contributed by atoms with Crippen LogP contribution in [0.25, 0.3) is 66.0 Å². The van der Waals surface area contributed by atoms with Crippen molar-refractivity contribution >= 4 is 32.6 Å². The van der Waals surface area contributed by atoms with E-state index in [-0.39, 0.29) is 0 Å². The van der Waals surface area contributed by atoms with Crippen molar-refractivity contribution in [1.82, 2.24) is 4.98 Å². The third kappa shape index (κ3) is 3.33. The van der Waals surface area contributed by atoms with Crippen LogP contribution in [-0.2, 0) is 0 Å². The average molecular weight is 446 g/mol. The van der Waals surface area contributed by atoms with Gasteiger partial charge in [-0.15, -0.1) is 0 Å². The predicted octanol–water partition coefficient (Wildman–Crippen LogP) is 9.48. The van der Waals surface area contributed by atoms with Gasteiger partial charge in [-0.1, -0.05) is 115 Å². The zero-order valence-corrected chi connectivity index (χ0v) is 19.2. The van der Waals surface area contributed by atoms with Gasteiger partial charge in [0.05, 0.1) is 5.52 Å². The molecular formula is C34H23N. The first-order valence-electron chi connectivity index (χ1n) is 12.0. The number of hydrogen-bond acceptors (Lipinski definition) is 0. The highest BCUT2D eigenvalue weighted by molar-refractivity contribution is 6.20. The normalized spacial score (nSPS) is 11.4. The first kappa shape index (κ1) is 19.8. The lowest BCUT2D eigenvalue weighted by Gasteiger charge is -2.13. The van der Waals surface area contributed by atoms with Crippen LogP contribution in [0.4, 0.5) is 0 Å². The fourth-order valence-electron chi connectivity index (χ4n) is 5.27. The van der Waals surface area contributed by atoms with Gasteiger partial charge in [-0.05, 0) is 56.8 Å². The largest absolute Gasteiger partial charge is 0.354 e. The fourth-order valence-corrected chi connectivity index (χ4v) is 5.27. The summed E-state index contributed by atoms with van der Waals surface area (Å²) in [6.07, 6.45) is 0. The summed E-state index contributed by atoms with van der Waals surface area (Å²) in [6, 6.07) is 47.9. The molecule has 0 bridgehead atoms. The summed E-state index contributed by atoms with van der Waals surface area (Å²) in [5.74, 6) is 0. The molecule has 0 saturated heterocycles. The van der Waals surface area contributed by atoms with Crippen molar-refractivity contribution in [1.29, 1.82) is 0 Å². The van der Waals surface area contributed by atoms with E-state index < -0.39 is 0 Å². The van der Waals surface area contributed by atoms with Gasteiger partial charge in [-0.25, -0.2) is 0 Å².